The Morgan fingerprint density at radius 2 is 1.42 bits per heavy atom. The molecule has 0 aliphatic carbocycles. The van der Waals surface area contributed by atoms with Gasteiger partial charge in [0.05, 0.1) is 0 Å². The summed E-state index contributed by atoms with van der Waals surface area (Å²) in [6, 6.07) is 13.4. The highest BCUT2D eigenvalue weighted by atomic mass is 32.2. The van der Waals surface area contributed by atoms with E-state index in [0.29, 0.717) is 17.1 Å². The van der Waals surface area contributed by atoms with E-state index >= 15 is 0 Å². The summed E-state index contributed by atoms with van der Waals surface area (Å²) in [5, 5.41) is 0. The number of carbonyl (C=O) groups is 1. The molecule has 3 rings (SSSR count). The third-order valence-electron chi connectivity index (χ3n) is 4.16. The molecule has 1 aliphatic heterocycles. The zero-order chi connectivity index (χ0) is 16.9. The minimum Gasteiger partial charge on any atom is -0.339 e. The molecule has 1 saturated heterocycles. The maximum absolute atomic E-state index is 12.9. The highest BCUT2D eigenvalue weighted by Crippen LogP contribution is 2.15. The Labute approximate surface area is 143 Å². The fourth-order valence-corrected chi connectivity index (χ4v) is 4.08. The average molecular weight is 345 g/mol. The second kappa shape index (κ2) is 7.71. The molecule has 2 aromatic carbocycles. The van der Waals surface area contributed by atoms with Crippen molar-refractivity contribution in [1.82, 2.24) is 4.90 Å². The van der Waals surface area contributed by atoms with Crippen molar-refractivity contribution in [3.05, 3.63) is 71.0 Å². The van der Waals surface area contributed by atoms with Crippen molar-refractivity contribution in [2.45, 2.75) is 24.3 Å². The summed E-state index contributed by atoms with van der Waals surface area (Å²) in [6.07, 6.45) is 2.15. The van der Waals surface area contributed by atoms with Crippen molar-refractivity contribution >= 4 is 16.7 Å². The van der Waals surface area contributed by atoms with Crippen LogP contribution in [0.25, 0.3) is 0 Å². The number of nitrogens with zero attached hydrogens (tertiary/aromatic N) is 1. The molecular formula is C19H20FNO2S. The molecule has 0 radical (unpaired) electrons. The summed E-state index contributed by atoms with van der Waals surface area (Å²) in [5.41, 5.74) is 2.48. The van der Waals surface area contributed by atoms with Crippen LogP contribution in [0.5, 0.6) is 0 Å². The van der Waals surface area contributed by atoms with E-state index in [1.807, 2.05) is 29.2 Å². The van der Waals surface area contributed by atoms with E-state index in [0.717, 1.165) is 37.1 Å². The summed E-state index contributed by atoms with van der Waals surface area (Å²) < 4.78 is 25.1. The Morgan fingerprint density at radius 1 is 0.917 bits per heavy atom. The molecule has 1 unspecified atom stereocenters. The molecule has 3 nitrogen and oxygen atoms in total. The molecule has 1 heterocycles. The van der Waals surface area contributed by atoms with Crippen LogP contribution in [0.15, 0.2) is 48.5 Å². The van der Waals surface area contributed by atoms with Gasteiger partial charge in [0, 0.05) is 41.0 Å². The van der Waals surface area contributed by atoms with Crippen molar-refractivity contribution in [1.29, 1.82) is 0 Å². The fraction of sp³-hybridized carbons (Fsp3) is 0.316. The Hall–Kier alpha value is -2.01. The molecule has 1 fully saturated rings. The highest BCUT2D eigenvalue weighted by Gasteiger charge is 2.19. The summed E-state index contributed by atoms with van der Waals surface area (Å²) in [5.74, 6) is 0.610. The molecule has 0 spiro atoms. The number of hydrogen-bond acceptors (Lipinski definition) is 2. The third kappa shape index (κ3) is 4.29. The molecule has 24 heavy (non-hydrogen) atoms. The SMILES string of the molecule is O=C(c1ccc(CS(=O)Cc2ccc(F)cc2)cc1)N1CCCC1. The van der Waals surface area contributed by atoms with Crippen LogP contribution in [0.1, 0.15) is 34.3 Å². The van der Waals surface area contributed by atoms with Gasteiger partial charge in [-0.05, 0) is 48.2 Å². The van der Waals surface area contributed by atoms with Crippen LogP contribution in [0.2, 0.25) is 0 Å². The second-order valence-electron chi connectivity index (χ2n) is 6.05. The van der Waals surface area contributed by atoms with E-state index < -0.39 is 10.8 Å². The van der Waals surface area contributed by atoms with Crippen molar-refractivity contribution < 1.29 is 13.4 Å². The number of carbonyl (C=O) groups excluding carboxylic acids is 1. The van der Waals surface area contributed by atoms with E-state index in [-0.39, 0.29) is 11.7 Å². The molecule has 1 atom stereocenters. The van der Waals surface area contributed by atoms with Gasteiger partial charge in [-0.15, -0.1) is 0 Å². The third-order valence-corrected chi connectivity index (χ3v) is 5.47. The summed E-state index contributed by atoms with van der Waals surface area (Å²) in [4.78, 5) is 14.2. The van der Waals surface area contributed by atoms with Crippen molar-refractivity contribution in [3.63, 3.8) is 0 Å². The first-order valence-corrected chi connectivity index (χ1v) is 9.58. The lowest BCUT2D eigenvalue weighted by Crippen LogP contribution is -2.27. The number of benzene rings is 2. The van der Waals surface area contributed by atoms with Gasteiger partial charge >= 0.3 is 0 Å². The smallest absolute Gasteiger partial charge is 0.253 e. The molecule has 1 aliphatic rings. The number of likely N-dealkylation sites (tertiary alicyclic amines) is 1. The van der Waals surface area contributed by atoms with Gasteiger partial charge in [-0.3, -0.25) is 9.00 Å². The van der Waals surface area contributed by atoms with Gasteiger partial charge in [-0.2, -0.15) is 0 Å². The molecule has 0 N–H and O–H groups in total. The monoisotopic (exact) mass is 345 g/mol. The molecule has 1 amide bonds. The fourth-order valence-electron chi connectivity index (χ4n) is 2.85. The van der Waals surface area contributed by atoms with Gasteiger partial charge in [0.15, 0.2) is 0 Å². The average Bonchev–Trinajstić information content (AvgIpc) is 3.11. The molecule has 0 saturated carbocycles. The Balaban J connectivity index is 1.58. The normalized spacial score (nSPS) is 15.5. The first-order chi connectivity index (χ1) is 11.6. The lowest BCUT2D eigenvalue weighted by atomic mass is 10.1. The first kappa shape index (κ1) is 16.8. The van der Waals surface area contributed by atoms with Gasteiger partial charge in [-0.25, -0.2) is 4.39 Å². The highest BCUT2D eigenvalue weighted by molar-refractivity contribution is 7.83. The molecular weight excluding hydrogens is 325 g/mol. The van der Waals surface area contributed by atoms with Gasteiger partial charge in [0.2, 0.25) is 0 Å². The maximum atomic E-state index is 12.9. The van der Waals surface area contributed by atoms with Crippen LogP contribution in [-0.2, 0) is 22.3 Å². The predicted octanol–water partition coefficient (Wildman–Crippen LogP) is 3.51. The van der Waals surface area contributed by atoms with E-state index in [1.54, 1.807) is 12.1 Å². The lowest BCUT2D eigenvalue weighted by Gasteiger charge is -2.15. The predicted molar refractivity (Wildman–Crippen MR) is 93.5 cm³/mol. The van der Waals surface area contributed by atoms with Crippen molar-refractivity contribution in [2.24, 2.45) is 0 Å². The Morgan fingerprint density at radius 3 is 1.96 bits per heavy atom. The van der Waals surface area contributed by atoms with Gasteiger partial charge in [0.1, 0.15) is 5.82 Å². The summed E-state index contributed by atoms with van der Waals surface area (Å²) >= 11 is 0. The Bertz CT molecular complexity index is 722. The van der Waals surface area contributed by atoms with Crippen LogP contribution in [-0.4, -0.2) is 28.1 Å². The first-order valence-electron chi connectivity index (χ1n) is 8.09. The van der Waals surface area contributed by atoms with Crippen LogP contribution < -0.4 is 0 Å². The van der Waals surface area contributed by atoms with Gasteiger partial charge < -0.3 is 4.90 Å². The second-order valence-corrected chi connectivity index (χ2v) is 7.51. The van der Waals surface area contributed by atoms with Crippen molar-refractivity contribution in [2.75, 3.05) is 13.1 Å². The largest absolute Gasteiger partial charge is 0.339 e. The van der Waals surface area contributed by atoms with Gasteiger partial charge in [0.25, 0.3) is 5.91 Å². The number of halogens is 1. The zero-order valence-corrected chi connectivity index (χ0v) is 14.2. The van der Waals surface area contributed by atoms with E-state index in [1.165, 1.54) is 12.1 Å². The number of hydrogen-bond donors (Lipinski definition) is 0. The van der Waals surface area contributed by atoms with Crippen LogP contribution in [0, 0.1) is 5.82 Å². The molecule has 5 heteroatoms. The number of amides is 1. The minimum absolute atomic E-state index is 0.0754. The topological polar surface area (TPSA) is 37.4 Å². The van der Waals surface area contributed by atoms with Crippen LogP contribution >= 0.6 is 0 Å². The summed E-state index contributed by atoms with van der Waals surface area (Å²) in [6.45, 7) is 1.67. The van der Waals surface area contributed by atoms with Gasteiger partial charge in [-0.1, -0.05) is 24.3 Å². The van der Waals surface area contributed by atoms with E-state index in [2.05, 4.69) is 0 Å². The van der Waals surface area contributed by atoms with Crippen LogP contribution in [0.4, 0.5) is 4.39 Å². The lowest BCUT2D eigenvalue weighted by molar-refractivity contribution is 0.0793. The zero-order valence-electron chi connectivity index (χ0n) is 13.4. The number of rotatable bonds is 5. The molecule has 0 bridgehead atoms. The minimum atomic E-state index is -1.07. The van der Waals surface area contributed by atoms with E-state index in [9.17, 15) is 13.4 Å². The van der Waals surface area contributed by atoms with Crippen molar-refractivity contribution in [3.8, 4) is 0 Å². The Kier molecular flexibility index (Phi) is 5.41. The van der Waals surface area contributed by atoms with Crippen LogP contribution in [0.3, 0.4) is 0 Å². The summed E-state index contributed by atoms with van der Waals surface area (Å²) in [7, 11) is -1.07. The maximum Gasteiger partial charge on any atom is 0.253 e. The molecule has 0 aromatic heterocycles. The quantitative estimate of drug-likeness (QED) is 0.832. The molecule has 2 aromatic rings. The standard InChI is InChI=1S/C19H20FNO2S/c20-18-9-5-16(6-10-18)14-24(23)13-15-3-7-17(8-4-15)19(22)21-11-1-2-12-21/h3-10H,1-2,11-14H2. The molecule has 126 valence electrons. The van der Waals surface area contributed by atoms with E-state index in [4.69, 9.17) is 0 Å².